The number of aryl methyl sites for hydroxylation is 1. The van der Waals surface area contributed by atoms with Crippen LogP contribution in [-0.2, 0) is 0 Å². The molecule has 78 valence electrons. The van der Waals surface area contributed by atoms with Crippen LogP contribution < -0.4 is 4.74 Å². The maximum Gasteiger partial charge on any atom is 0.133 e. The van der Waals surface area contributed by atoms with Gasteiger partial charge in [0.05, 0.1) is 11.1 Å². The van der Waals surface area contributed by atoms with Gasteiger partial charge in [-0.05, 0) is 46.0 Å². The summed E-state index contributed by atoms with van der Waals surface area (Å²) >= 11 is 3.49. The van der Waals surface area contributed by atoms with Crippen molar-refractivity contribution in [1.82, 2.24) is 0 Å². The predicted octanol–water partition coefficient (Wildman–Crippen LogP) is 4.18. The topological polar surface area (TPSA) is 9.23 Å². The molecule has 1 aromatic rings. The van der Waals surface area contributed by atoms with Gasteiger partial charge in [0, 0.05) is 0 Å². The predicted molar refractivity (Wildman–Crippen MR) is 63.8 cm³/mol. The summed E-state index contributed by atoms with van der Waals surface area (Å²) in [7, 11) is 0. The lowest BCUT2D eigenvalue weighted by Crippen LogP contribution is -2.17. The third-order valence-corrected chi connectivity index (χ3v) is 2.37. The normalized spacial score (nSPS) is 11.5. The molecule has 0 N–H and O–H groups in total. The van der Waals surface area contributed by atoms with Crippen molar-refractivity contribution in [2.75, 3.05) is 6.61 Å². The van der Waals surface area contributed by atoms with E-state index >= 15 is 0 Å². The molecule has 0 aliphatic rings. The lowest BCUT2D eigenvalue weighted by Gasteiger charge is -2.19. The Morgan fingerprint density at radius 2 is 1.93 bits per heavy atom. The first-order chi connectivity index (χ1) is 6.38. The molecular formula is C12H17BrO. The van der Waals surface area contributed by atoms with Crippen molar-refractivity contribution in [2.24, 2.45) is 5.41 Å². The Bertz CT molecular complexity index is 313. The molecule has 0 saturated heterocycles. The first-order valence-corrected chi connectivity index (χ1v) is 5.57. The van der Waals surface area contributed by atoms with E-state index in [2.05, 4.69) is 55.8 Å². The summed E-state index contributed by atoms with van der Waals surface area (Å²) in [5.41, 5.74) is 1.43. The van der Waals surface area contributed by atoms with E-state index in [-0.39, 0.29) is 5.41 Å². The molecular weight excluding hydrogens is 240 g/mol. The van der Waals surface area contributed by atoms with Crippen LogP contribution in [0.1, 0.15) is 26.3 Å². The van der Waals surface area contributed by atoms with Crippen molar-refractivity contribution >= 4 is 15.9 Å². The summed E-state index contributed by atoms with van der Waals surface area (Å²) in [6.45, 7) is 9.28. The minimum atomic E-state index is 0.199. The second kappa shape index (κ2) is 4.35. The van der Waals surface area contributed by atoms with E-state index in [9.17, 15) is 0 Å². The van der Waals surface area contributed by atoms with Gasteiger partial charge < -0.3 is 4.74 Å². The molecule has 0 fully saturated rings. The van der Waals surface area contributed by atoms with E-state index in [1.807, 2.05) is 6.07 Å². The Balaban J connectivity index is 2.68. The number of hydrogen-bond acceptors (Lipinski definition) is 1. The van der Waals surface area contributed by atoms with E-state index in [4.69, 9.17) is 4.74 Å². The van der Waals surface area contributed by atoms with Gasteiger partial charge in [0.25, 0.3) is 0 Å². The summed E-state index contributed by atoms with van der Waals surface area (Å²) in [5, 5.41) is 0. The summed E-state index contributed by atoms with van der Waals surface area (Å²) in [6, 6.07) is 6.13. The average molecular weight is 257 g/mol. The third kappa shape index (κ3) is 3.70. The number of benzene rings is 1. The number of rotatable bonds is 2. The third-order valence-electron chi connectivity index (χ3n) is 1.75. The van der Waals surface area contributed by atoms with E-state index in [0.29, 0.717) is 0 Å². The van der Waals surface area contributed by atoms with Crippen LogP contribution in [-0.4, -0.2) is 6.61 Å². The van der Waals surface area contributed by atoms with Gasteiger partial charge >= 0.3 is 0 Å². The van der Waals surface area contributed by atoms with E-state index < -0.39 is 0 Å². The fourth-order valence-electron chi connectivity index (χ4n) is 1.02. The standard InChI is InChI=1S/C12H17BrO/c1-9-5-6-11(10(13)7-9)14-8-12(2,3)4/h5-7H,8H2,1-4H3. The maximum atomic E-state index is 5.71. The van der Waals surface area contributed by atoms with Crippen LogP contribution in [0.5, 0.6) is 5.75 Å². The van der Waals surface area contributed by atoms with Crippen LogP contribution in [0.15, 0.2) is 22.7 Å². The molecule has 0 aromatic heterocycles. The van der Waals surface area contributed by atoms with Crippen molar-refractivity contribution < 1.29 is 4.74 Å². The average Bonchev–Trinajstić information content (AvgIpc) is 2.00. The molecule has 0 atom stereocenters. The summed E-state index contributed by atoms with van der Waals surface area (Å²) in [5.74, 6) is 0.922. The van der Waals surface area contributed by atoms with Crippen LogP contribution in [0.3, 0.4) is 0 Å². The number of hydrogen-bond donors (Lipinski definition) is 0. The molecule has 1 nitrogen and oxygen atoms in total. The minimum absolute atomic E-state index is 0.199. The SMILES string of the molecule is Cc1ccc(OCC(C)(C)C)c(Br)c1. The molecule has 0 radical (unpaired) electrons. The molecule has 0 aliphatic carbocycles. The molecule has 0 saturated carbocycles. The quantitative estimate of drug-likeness (QED) is 0.772. The summed E-state index contributed by atoms with van der Waals surface area (Å²) < 4.78 is 6.74. The molecule has 0 spiro atoms. The number of ether oxygens (including phenoxy) is 1. The van der Waals surface area contributed by atoms with Crippen LogP contribution in [0, 0.1) is 12.3 Å². The van der Waals surface area contributed by atoms with Gasteiger partial charge in [0.2, 0.25) is 0 Å². The van der Waals surface area contributed by atoms with Gasteiger partial charge in [-0.2, -0.15) is 0 Å². The molecule has 0 bridgehead atoms. The van der Waals surface area contributed by atoms with Gasteiger partial charge in [-0.25, -0.2) is 0 Å². The van der Waals surface area contributed by atoms with Crippen LogP contribution >= 0.6 is 15.9 Å². The highest BCUT2D eigenvalue weighted by Gasteiger charge is 2.12. The van der Waals surface area contributed by atoms with Crippen molar-refractivity contribution in [1.29, 1.82) is 0 Å². The fraction of sp³-hybridized carbons (Fsp3) is 0.500. The van der Waals surface area contributed by atoms with Crippen LogP contribution in [0.2, 0.25) is 0 Å². The van der Waals surface area contributed by atoms with E-state index in [0.717, 1.165) is 16.8 Å². The van der Waals surface area contributed by atoms with Crippen molar-refractivity contribution in [2.45, 2.75) is 27.7 Å². The molecule has 0 aliphatic heterocycles. The zero-order valence-electron chi connectivity index (χ0n) is 9.23. The highest BCUT2D eigenvalue weighted by Crippen LogP contribution is 2.27. The molecule has 2 heteroatoms. The second-order valence-electron chi connectivity index (χ2n) is 4.78. The molecule has 1 aromatic carbocycles. The Morgan fingerprint density at radius 3 is 2.43 bits per heavy atom. The summed E-state index contributed by atoms with van der Waals surface area (Å²) in [4.78, 5) is 0. The molecule has 1 rings (SSSR count). The van der Waals surface area contributed by atoms with Gasteiger partial charge in [0.15, 0.2) is 0 Å². The Morgan fingerprint density at radius 1 is 1.29 bits per heavy atom. The Kier molecular flexibility index (Phi) is 3.59. The maximum absolute atomic E-state index is 5.71. The van der Waals surface area contributed by atoms with Crippen LogP contribution in [0.25, 0.3) is 0 Å². The highest BCUT2D eigenvalue weighted by atomic mass is 79.9. The van der Waals surface area contributed by atoms with Crippen molar-refractivity contribution in [3.05, 3.63) is 28.2 Å². The van der Waals surface area contributed by atoms with Gasteiger partial charge in [0.1, 0.15) is 5.75 Å². The van der Waals surface area contributed by atoms with Gasteiger partial charge in [-0.1, -0.05) is 26.8 Å². The zero-order chi connectivity index (χ0) is 10.8. The second-order valence-corrected chi connectivity index (χ2v) is 5.64. The Hall–Kier alpha value is -0.500. The van der Waals surface area contributed by atoms with E-state index in [1.54, 1.807) is 0 Å². The molecule has 14 heavy (non-hydrogen) atoms. The first kappa shape index (κ1) is 11.6. The lowest BCUT2D eigenvalue weighted by molar-refractivity contribution is 0.197. The summed E-state index contributed by atoms with van der Waals surface area (Å²) in [6.07, 6.45) is 0. The first-order valence-electron chi connectivity index (χ1n) is 4.77. The molecule has 0 heterocycles. The monoisotopic (exact) mass is 256 g/mol. The van der Waals surface area contributed by atoms with Crippen molar-refractivity contribution in [3.63, 3.8) is 0 Å². The molecule has 0 unspecified atom stereocenters. The lowest BCUT2D eigenvalue weighted by atomic mass is 9.99. The molecule has 0 amide bonds. The van der Waals surface area contributed by atoms with E-state index in [1.165, 1.54) is 5.56 Å². The minimum Gasteiger partial charge on any atom is -0.492 e. The van der Waals surface area contributed by atoms with Crippen molar-refractivity contribution in [3.8, 4) is 5.75 Å². The zero-order valence-corrected chi connectivity index (χ0v) is 10.8. The van der Waals surface area contributed by atoms with Gasteiger partial charge in [-0.3, -0.25) is 0 Å². The Labute approximate surface area is 94.6 Å². The fourth-order valence-corrected chi connectivity index (χ4v) is 1.62. The smallest absolute Gasteiger partial charge is 0.133 e. The van der Waals surface area contributed by atoms with Gasteiger partial charge in [-0.15, -0.1) is 0 Å². The highest BCUT2D eigenvalue weighted by molar-refractivity contribution is 9.10. The largest absolute Gasteiger partial charge is 0.492 e. The van der Waals surface area contributed by atoms with Crippen LogP contribution in [0.4, 0.5) is 0 Å². The number of halogens is 1.